The molecular weight excluding hydrogens is 326 g/mol. The first kappa shape index (κ1) is 16.5. The lowest BCUT2D eigenvalue weighted by Crippen LogP contribution is -2.16. The Bertz CT molecular complexity index is 888. The third-order valence-corrected chi connectivity index (χ3v) is 4.68. The fourth-order valence-electron chi connectivity index (χ4n) is 3.25. The fourth-order valence-corrected chi connectivity index (χ4v) is 3.25. The first-order chi connectivity index (χ1) is 12.7. The van der Waals surface area contributed by atoms with Crippen molar-refractivity contribution in [3.8, 4) is 5.69 Å². The van der Waals surface area contributed by atoms with Crippen molar-refractivity contribution in [2.24, 2.45) is 0 Å². The number of nitrogen functional groups attached to an aromatic ring is 1. The number of para-hydroxylation sites is 1. The van der Waals surface area contributed by atoms with E-state index in [4.69, 9.17) is 5.73 Å². The number of anilines is 2. The first-order valence-electron chi connectivity index (χ1n) is 8.93. The Labute approximate surface area is 152 Å². The summed E-state index contributed by atoms with van der Waals surface area (Å²) in [6.45, 7) is 3.95. The average Bonchev–Trinajstić information content (AvgIpc) is 3.03. The van der Waals surface area contributed by atoms with Gasteiger partial charge in [-0.15, -0.1) is 0 Å². The molecule has 0 saturated carbocycles. The second-order valence-corrected chi connectivity index (χ2v) is 6.53. The SMILES string of the molecule is C[C@H](Nc1nc(N)nc2c1CCNCC2)c1cnn(-c2ccccc2)c1. The van der Waals surface area contributed by atoms with Gasteiger partial charge in [-0.3, -0.25) is 0 Å². The molecule has 1 atom stereocenters. The third kappa shape index (κ3) is 3.39. The van der Waals surface area contributed by atoms with Crippen molar-refractivity contribution in [3.05, 3.63) is 59.5 Å². The van der Waals surface area contributed by atoms with Crippen LogP contribution in [0.5, 0.6) is 0 Å². The number of hydrogen-bond acceptors (Lipinski definition) is 6. The lowest BCUT2D eigenvalue weighted by atomic mass is 10.1. The molecule has 4 N–H and O–H groups in total. The molecule has 0 unspecified atom stereocenters. The Hall–Kier alpha value is -2.93. The summed E-state index contributed by atoms with van der Waals surface area (Å²) >= 11 is 0. The summed E-state index contributed by atoms with van der Waals surface area (Å²) in [7, 11) is 0. The highest BCUT2D eigenvalue weighted by molar-refractivity contribution is 5.51. The van der Waals surface area contributed by atoms with Gasteiger partial charge in [-0.25, -0.2) is 9.67 Å². The van der Waals surface area contributed by atoms with Crippen LogP contribution >= 0.6 is 0 Å². The van der Waals surface area contributed by atoms with Crippen LogP contribution in [0.4, 0.5) is 11.8 Å². The zero-order valence-electron chi connectivity index (χ0n) is 14.8. The van der Waals surface area contributed by atoms with Crippen molar-refractivity contribution in [1.82, 2.24) is 25.1 Å². The quantitative estimate of drug-likeness (QED) is 0.668. The standard InChI is InChI=1S/C19H23N7/c1-13(14-11-22-26(12-14)15-5-3-2-4-6-15)23-18-16-7-9-21-10-8-17(16)24-19(20)25-18/h2-6,11-13,21H,7-10H2,1H3,(H3,20,23,24,25)/t13-/m0/s1. The lowest BCUT2D eigenvalue weighted by Gasteiger charge is -2.17. The second-order valence-electron chi connectivity index (χ2n) is 6.53. The summed E-state index contributed by atoms with van der Waals surface area (Å²) in [4.78, 5) is 8.89. The fraction of sp³-hybridized carbons (Fsp3) is 0.316. The Morgan fingerprint density at radius 1 is 1.15 bits per heavy atom. The molecule has 0 spiro atoms. The zero-order chi connectivity index (χ0) is 17.9. The van der Waals surface area contributed by atoms with Crippen molar-refractivity contribution < 1.29 is 0 Å². The molecule has 2 aromatic heterocycles. The van der Waals surface area contributed by atoms with Gasteiger partial charge in [0.05, 0.1) is 23.6 Å². The van der Waals surface area contributed by atoms with Crippen LogP contribution in [0.2, 0.25) is 0 Å². The minimum Gasteiger partial charge on any atom is -0.368 e. The van der Waals surface area contributed by atoms with Crippen LogP contribution in [0.25, 0.3) is 5.69 Å². The maximum Gasteiger partial charge on any atom is 0.222 e. The molecule has 7 nitrogen and oxygen atoms in total. The molecule has 0 amide bonds. The van der Waals surface area contributed by atoms with E-state index >= 15 is 0 Å². The van der Waals surface area contributed by atoms with E-state index in [2.05, 4.69) is 32.6 Å². The molecule has 0 saturated heterocycles. The Morgan fingerprint density at radius 3 is 2.81 bits per heavy atom. The highest BCUT2D eigenvalue weighted by atomic mass is 15.3. The van der Waals surface area contributed by atoms with Crippen LogP contribution in [-0.4, -0.2) is 32.8 Å². The second kappa shape index (κ2) is 7.13. The maximum atomic E-state index is 5.93. The summed E-state index contributed by atoms with van der Waals surface area (Å²) in [6.07, 6.45) is 5.69. The molecule has 0 fully saturated rings. The molecule has 1 aliphatic heterocycles. The van der Waals surface area contributed by atoms with E-state index in [0.29, 0.717) is 5.95 Å². The third-order valence-electron chi connectivity index (χ3n) is 4.68. The summed E-state index contributed by atoms with van der Waals surface area (Å²) < 4.78 is 1.88. The number of benzene rings is 1. The minimum atomic E-state index is 0.0575. The van der Waals surface area contributed by atoms with E-state index in [1.165, 1.54) is 0 Å². The molecule has 3 aromatic rings. The molecule has 134 valence electrons. The van der Waals surface area contributed by atoms with Crippen molar-refractivity contribution >= 4 is 11.8 Å². The van der Waals surface area contributed by atoms with Gasteiger partial charge in [0.2, 0.25) is 5.95 Å². The van der Waals surface area contributed by atoms with Crippen molar-refractivity contribution in [3.63, 3.8) is 0 Å². The molecule has 0 bridgehead atoms. The van der Waals surface area contributed by atoms with Gasteiger partial charge in [0.15, 0.2) is 0 Å². The van der Waals surface area contributed by atoms with Crippen molar-refractivity contribution in [1.29, 1.82) is 0 Å². The molecular formula is C19H23N7. The summed E-state index contributed by atoms with van der Waals surface area (Å²) in [6, 6.07) is 10.1. The van der Waals surface area contributed by atoms with Gasteiger partial charge >= 0.3 is 0 Å². The van der Waals surface area contributed by atoms with Gasteiger partial charge in [-0.05, 0) is 32.0 Å². The van der Waals surface area contributed by atoms with Crippen LogP contribution in [0.1, 0.15) is 29.8 Å². The molecule has 0 radical (unpaired) electrons. The lowest BCUT2D eigenvalue weighted by molar-refractivity contribution is 0.708. The molecule has 0 aliphatic carbocycles. The van der Waals surface area contributed by atoms with Gasteiger partial charge in [-0.2, -0.15) is 10.1 Å². The number of nitrogens with zero attached hydrogens (tertiary/aromatic N) is 4. The predicted molar refractivity (Wildman–Crippen MR) is 102 cm³/mol. The summed E-state index contributed by atoms with van der Waals surface area (Å²) in [5.41, 5.74) is 10.3. The van der Waals surface area contributed by atoms with Gasteiger partial charge in [0.25, 0.3) is 0 Å². The largest absolute Gasteiger partial charge is 0.368 e. The predicted octanol–water partition coefficient (Wildman–Crippen LogP) is 2.11. The zero-order valence-corrected chi connectivity index (χ0v) is 14.8. The van der Waals surface area contributed by atoms with Crippen LogP contribution in [0.15, 0.2) is 42.7 Å². The Balaban J connectivity index is 1.58. The van der Waals surface area contributed by atoms with E-state index in [0.717, 1.165) is 54.3 Å². The number of nitrogens with one attached hydrogen (secondary N) is 2. The van der Waals surface area contributed by atoms with E-state index < -0.39 is 0 Å². The van der Waals surface area contributed by atoms with Crippen LogP contribution in [0.3, 0.4) is 0 Å². The molecule has 3 heterocycles. The molecule has 4 rings (SSSR count). The van der Waals surface area contributed by atoms with Crippen LogP contribution in [-0.2, 0) is 12.8 Å². The maximum absolute atomic E-state index is 5.93. The van der Waals surface area contributed by atoms with E-state index in [1.807, 2.05) is 47.4 Å². The summed E-state index contributed by atoms with van der Waals surface area (Å²) in [5, 5.41) is 11.4. The molecule has 26 heavy (non-hydrogen) atoms. The van der Waals surface area contributed by atoms with Gasteiger partial charge in [0, 0.05) is 30.3 Å². The molecule has 7 heteroatoms. The first-order valence-corrected chi connectivity index (χ1v) is 8.93. The van der Waals surface area contributed by atoms with Crippen molar-refractivity contribution in [2.75, 3.05) is 24.1 Å². The van der Waals surface area contributed by atoms with Crippen LogP contribution < -0.4 is 16.4 Å². The van der Waals surface area contributed by atoms with E-state index in [9.17, 15) is 0 Å². The van der Waals surface area contributed by atoms with E-state index in [1.54, 1.807) is 0 Å². The summed E-state index contributed by atoms with van der Waals surface area (Å²) in [5.74, 6) is 1.15. The number of nitrogens with two attached hydrogens (primary N) is 1. The Kier molecular flexibility index (Phi) is 4.53. The van der Waals surface area contributed by atoms with Gasteiger partial charge < -0.3 is 16.4 Å². The molecule has 1 aliphatic rings. The number of hydrogen-bond donors (Lipinski definition) is 3. The smallest absolute Gasteiger partial charge is 0.222 e. The number of fused-ring (bicyclic) bond motifs is 1. The topological polar surface area (TPSA) is 93.7 Å². The monoisotopic (exact) mass is 349 g/mol. The van der Waals surface area contributed by atoms with Crippen molar-refractivity contribution in [2.45, 2.75) is 25.8 Å². The van der Waals surface area contributed by atoms with Gasteiger partial charge in [-0.1, -0.05) is 18.2 Å². The van der Waals surface area contributed by atoms with Crippen LogP contribution in [0, 0.1) is 0 Å². The van der Waals surface area contributed by atoms with Gasteiger partial charge in [0.1, 0.15) is 5.82 Å². The normalized spacial score (nSPS) is 15.1. The molecule has 1 aromatic carbocycles. The minimum absolute atomic E-state index is 0.0575. The number of aromatic nitrogens is 4. The highest BCUT2D eigenvalue weighted by Gasteiger charge is 2.18. The van der Waals surface area contributed by atoms with E-state index in [-0.39, 0.29) is 6.04 Å². The number of rotatable bonds is 4. The average molecular weight is 349 g/mol. The highest BCUT2D eigenvalue weighted by Crippen LogP contribution is 2.25. The Morgan fingerprint density at radius 2 is 1.96 bits per heavy atom.